The Morgan fingerprint density at radius 2 is 1.88 bits per heavy atom. The summed E-state index contributed by atoms with van der Waals surface area (Å²) in [7, 11) is 3.61. The van der Waals surface area contributed by atoms with Gasteiger partial charge in [0, 0.05) is 68.4 Å². The van der Waals surface area contributed by atoms with Crippen LogP contribution in [0.5, 0.6) is 0 Å². The van der Waals surface area contributed by atoms with Crippen molar-refractivity contribution in [3.05, 3.63) is 73.4 Å². The van der Waals surface area contributed by atoms with Crippen LogP contribution in [-0.4, -0.2) is 49.4 Å². The zero-order valence-corrected chi connectivity index (χ0v) is 17.9. The van der Waals surface area contributed by atoms with Crippen LogP contribution in [0.2, 0.25) is 0 Å². The van der Waals surface area contributed by atoms with Crippen LogP contribution in [0.3, 0.4) is 0 Å². The van der Waals surface area contributed by atoms with Crippen LogP contribution in [0.15, 0.2) is 73.4 Å². The second kappa shape index (κ2) is 8.60. The molecule has 0 aliphatic heterocycles. The van der Waals surface area contributed by atoms with Crippen LogP contribution in [-0.2, 0) is 11.8 Å². The number of fused-ring (bicyclic) bond motifs is 1. The normalized spacial score (nSPS) is 11.2. The van der Waals surface area contributed by atoms with Crippen LogP contribution >= 0.6 is 0 Å². The monoisotopic (exact) mass is 425 g/mol. The summed E-state index contributed by atoms with van der Waals surface area (Å²) in [4.78, 5) is 13.6. The minimum atomic E-state index is 0.539. The number of anilines is 1. The molecule has 0 atom stereocenters. The van der Waals surface area contributed by atoms with Gasteiger partial charge >= 0.3 is 0 Å². The van der Waals surface area contributed by atoms with E-state index in [0.29, 0.717) is 24.8 Å². The minimum absolute atomic E-state index is 0.539. The minimum Gasteiger partial charge on any atom is -0.383 e. The Labute approximate surface area is 185 Å². The maximum atomic E-state index is 5.25. The van der Waals surface area contributed by atoms with E-state index in [2.05, 4.69) is 33.5 Å². The van der Waals surface area contributed by atoms with E-state index in [0.717, 1.165) is 33.6 Å². The van der Waals surface area contributed by atoms with Gasteiger partial charge in [-0.05, 0) is 11.6 Å². The molecule has 8 heteroatoms. The Bertz CT molecular complexity index is 1340. The van der Waals surface area contributed by atoms with Crippen molar-refractivity contribution in [1.29, 1.82) is 0 Å². The van der Waals surface area contributed by atoms with Crippen molar-refractivity contribution >= 4 is 11.3 Å². The molecule has 0 spiro atoms. The van der Waals surface area contributed by atoms with Crippen molar-refractivity contribution in [2.24, 2.45) is 7.05 Å². The van der Waals surface area contributed by atoms with Gasteiger partial charge in [0.2, 0.25) is 5.82 Å². The molecule has 0 aliphatic carbocycles. The summed E-state index contributed by atoms with van der Waals surface area (Å²) in [5.74, 6) is 1.96. The summed E-state index contributed by atoms with van der Waals surface area (Å²) in [6.07, 6.45) is 9.30. The van der Waals surface area contributed by atoms with Crippen LogP contribution in [0, 0.1) is 0 Å². The van der Waals surface area contributed by atoms with Gasteiger partial charge in [-0.2, -0.15) is 0 Å². The number of imidazole rings is 1. The Kier molecular flexibility index (Phi) is 5.35. The lowest BCUT2D eigenvalue weighted by molar-refractivity contribution is 0.210. The maximum Gasteiger partial charge on any atom is 0.218 e. The Morgan fingerprint density at radius 3 is 2.59 bits per heavy atom. The highest BCUT2D eigenvalue weighted by Crippen LogP contribution is 2.39. The van der Waals surface area contributed by atoms with E-state index < -0.39 is 0 Å². The third-order valence-electron chi connectivity index (χ3n) is 5.29. The van der Waals surface area contributed by atoms with Gasteiger partial charge in [-0.15, -0.1) is 5.10 Å². The average Bonchev–Trinajstić information content (AvgIpc) is 3.44. The first-order valence-electron chi connectivity index (χ1n) is 10.4. The van der Waals surface area contributed by atoms with E-state index in [1.54, 1.807) is 19.5 Å². The molecular formula is C24H23N7O. The van der Waals surface area contributed by atoms with Crippen molar-refractivity contribution < 1.29 is 4.74 Å². The average molecular weight is 425 g/mol. The van der Waals surface area contributed by atoms with Gasteiger partial charge in [-0.25, -0.2) is 14.5 Å². The van der Waals surface area contributed by atoms with Crippen LogP contribution in [0.25, 0.3) is 39.4 Å². The first-order chi connectivity index (χ1) is 15.8. The molecule has 0 saturated heterocycles. The van der Waals surface area contributed by atoms with Gasteiger partial charge < -0.3 is 14.6 Å². The summed E-state index contributed by atoms with van der Waals surface area (Å²) in [5.41, 5.74) is 5.06. The van der Waals surface area contributed by atoms with Crippen molar-refractivity contribution in [3.63, 3.8) is 0 Å². The number of aryl methyl sites for hydroxylation is 1. The zero-order valence-electron chi connectivity index (χ0n) is 17.9. The molecule has 1 aromatic carbocycles. The number of aromatic nitrogens is 6. The summed E-state index contributed by atoms with van der Waals surface area (Å²) < 4.78 is 9.04. The van der Waals surface area contributed by atoms with Crippen molar-refractivity contribution in [1.82, 2.24) is 29.1 Å². The molecular weight excluding hydrogens is 402 g/mol. The molecule has 0 fully saturated rings. The fourth-order valence-corrected chi connectivity index (χ4v) is 3.79. The molecule has 0 bridgehead atoms. The summed E-state index contributed by atoms with van der Waals surface area (Å²) in [5, 5.41) is 8.27. The molecule has 32 heavy (non-hydrogen) atoms. The van der Waals surface area contributed by atoms with E-state index in [4.69, 9.17) is 14.8 Å². The molecule has 0 unspecified atom stereocenters. The molecule has 1 N–H and O–H groups in total. The molecule has 5 aromatic rings. The molecule has 4 heterocycles. The summed E-state index contributed by atoms with van der Waals surface area (Å²) >= 11 is 0. The summed E-state index contributed by atoms with van der Waals surface area (Å²) in [6.45, 7) is 1.18. The molecule has 0 amide bonds. The highest BCUT2D eigenvalue weighted by molar-refractivity contribution is 5.99. The van der Waals surface area contributed by atoms with Gasteiger partial charge in [-0.3, -0.25) is 4.98 Å². The second-order valence-electron chi connectivity index (χ2n) is 7.38. The number of methoxy groups -OCH3 is 1. The number of nitrogens with zero attached hydrogens (tertiary/aromatic N) is 6. The molecule has 0 radical (unpaired) electrons. The zero-order chi connectivity index (χ0) is 21.9. The lowest BCUT2D eigenvalue weighted by Crippen LogP contribution is -2.12. The van der Waals surface area contributed by atoms with Crippen LogP contribution in [0.4, 0.5) is 5.82 Å². The third kappa shape index (κ3) is 3.61. The van der Waals surface area contributed by atoms with Gasteiger partial charge in [0.25, 0.3) is 0 Å². The smallest absolute Gasteiger partial charge is 0.218 e. The number of ether oxygens (including phenoxy) is 1. The van der Waals surface area contributed by atoms with E-state index >= 15 is 0 Å². The largest absolute Gasteiger partial charge is 0.383 e. The van der Waals surface area contributed by atoms with E-state index in [1.165, 1.54) is 0 Å². The lowest BCUT2D eigenvalue weighted by Gasteiger charge is -2.12. The first kappa shape index (κ1) is 19.9. The van der Waals surface area contributed by atoms with Crippen LogP contribution < -0.4 is 5.32 Å². The number of nitrogens with one attached hydrogen (secondary N) is 1. The second-order valence-corrected chi connectivity index (χ2v) is 7.38. The number of pyridine rings is 1. The summed E-state index contributed by atoms with van der Waals surface area (Å²) in [6, 6.07) is 14.3. The number of benzene rings is 1. The van der Waals surface area contributed by atoms with E-state index in [-0.39, 0.29) is 0 Å². The fourth-order valence-electron chi connectivity index (χ4n) is 3.79. The molecule has 0 saturated carbocycles. The van der Waals surface area contributed by atoms with Gasteiger partial charge in [0.1, 0.15) is 5.52 Å². The van der Waals surface area contributed by atoms with Crippen LogP contribution in [0.1, 0.15) is 0 Å². The predicted octanol–water partition coefficient (Wildman–Crippen LogP) is 3.92. The molecule has 0 aliphatic rings. The van der Waals surface area contributed by atoms with E-state index in [1.807, 2.05) is 59.0 Å². The maximum absolute atomic E-state index is 5.25. The van der Waals surface area contributed by atoms with E-state index in [9.17, 15) is 0 Å². The standard InChI is InChI=1S/C24H23N7O/c1-30-13-11-27-24(30)23-28-22(26-12-14-32-2)21-20(17-7-4-3-5-8-17)19(16-31(21)29-23)18-9-6-10-25-15-18/h3-11,13,15-16H,12,14H2,1-2H3,(H,26,28,29). The Hall–Kier alpha value is -4.04. The third-order valence-corrected chi connectivity index (χ3v) is 5.29. The van der Waals surface area contributed by atoms with Crippen molar-refractivity contribution in [2.75, 3.05) is 25.6 Å². The van der Waals surface area contributed by atoms with Crippen molar-refractivity contribution in [2.45, 2.75) is 0 Å². The molecule has 160 valence electrons. The Morgan fingerprint density at radius 1 is 1.03 bits per heavy atom. The quantitative estimate of drug-likeness (QED) is 0.398. The van der Waals surface area contributed by atoms with Gasteiger partial charge in [0.05, 0.1) is 6.61 Å². The topological polar surface area (TPSA) is 82.2 Å². The molecule has 4 aromatic heterocycles. The SMILES string of the molecule is COCCNc1nc(-c2nccn2C)nn2cc(-c3cccnc3)c(-c3ccccc3)c12. The molecule has 8 nitrogen and oxygen atoms in total. The highest BCUT2D eigenvalue weighted by atomic mass is 16.5. The fraction of sp³-hybridized carbons (Fsp3) is 0.167. The van der Waals surface area contributed by atoms with Gasteiger partial charge in [0.15, 0.2) is 11.6 Å². The predicted molar refractivity (Wildman–Crippen MR) is 124 cm³/mol. The molecule has 5 rings (SSSR count). The number of rotatable bonds is 7. The number of hydrogen-bond donors (Lipinski definition) is 1. The number of hydrogen-bond acceptors (Lipinski definition) is 6. The highest BCUT2D eigenvalue weighted by Gasteiger charge is 2.21. The van der Waals surface area contributed by atoms with Crippen molar-refractivity contribution in [3.8, 4) is 33.9 Å². The Balaban J connectivity index is 1.80. The first-order valence-corrected chi connectivity index (χ1v) is 10.4. The lowest BCUT2D eigenvalue weighted by atomic mass is 9.98. The van der Waals surface area contributed by atoms with Gasteiger partial charge in [-0.1, -0.05) is 36.4 Å².